The third-order valence-electron chi connectivity index (χ3n) is 5.79. The minimum atomic E-state index is -3.79. The molecule has 2 aromatic heterocycles. The molecule has 4 aromatic rings. The van der Waals surface area contributed by atoms with E-state index in [2.05, 4.69) is 20.6 Å². The zero-order valence-electron chi connectivity index (χ0n) is 19.3. The molecule has 0 atom stereocenters. The second-order valence-electron chi connectivity index (χ2n) is 8.38. The smallest absolute Gasteiger partial charge is 0.462 e. The molecule has 3 heterocycles. The maximum absolute atomic E-state index is 13.4. The molecule has 9 nitrogen and oxygen atoms in total. The number of anilines is 1. The Kier molecular flexibility index (Phi) is 5.25. The van der Waals surface area contributed by atoms with Crippen molar-refractivity contribution in [1.29, 1.82) is 5.26 Å². The average Bonchev–Trinajstić information content (AvgIpc) is 3.42. The molecule has 5 rings (SSSR count). The third-order valence-corrected chi connectivity index (χ3v) is 5.79. The van der Waals surface area contributed by atoms with Crippen molar-refractivity contribution in [3.63, 3.8) is 0 Å². The van der Waals surface area contributed by atoms with Crippen molar-refractivity contribution in [3.05, 3.63) is 69.7 Å². The number of benzene rings is 2. The number of nitriles is 1. The van der Waals surface area contributed by atoms with Gasteiger partial charge in [0.2, 0.25) is 5.91 Å². The number of hydrogen-bond donors (Lipinski definition) is 0. The summed E-state index contributed by atoms with van der Waals surface area (Å²) in [4.78, 5) is 27.4. The third kappa shape index (κ3) is 3.92. The summed E-state index contributed by atoms with van der Waals surface area (Å²) in [5.74, 6) is -0.871. The first-order valence-electron chi connectivity index (χ1n) is 10.7. The van der Waals surface area contributed by atoms with Gasteiger partial charge in [-0.05, 0) is 55.3 Å². The van der Waals surface area contributed by atoms with Crippen LogP contribution in [0.3, 0.4) is 0 Å². The highest BCUT2D eigenvalue weighted by Crippen LogP contribution is 2.44. The van der Waals surface area contributed by atoms with Gasteiger partial charge in [0.25, 0.3) is 5.56 Å². The van der Waals surface area contributed by atoms with Crippen molar-refractivity contribution < 1.29 is 27.5 Å². The van der Waals surface area contributed by atoms with E-state index in [9.17, 15) is 23.6 Å². The van der Waals surface area contributed by atoms with Crippen molar-refractivity contribution in [2.45, 2.75) is 26.7 Å². The van der Waals surface area contributed by atoms with Crippen LogP contribution in [-0.2, 0) is 11.3 Å². The second-order valence-corrected chi connectivity index (χ2v) is 8.38. The summed E-state index contributed by atoms with van der Waals surface area (Å²) in [5.41, 5.74) is 2.54. The number of alkyl halides is 2. The molecule has 0 radical (unpaired) electrons. The molecule has 0 saturated heterocycles. The maximum atomic E-state index is 13.4. The van der Waals surface area contributed by atoms with Crippen LogP contribution >= 0.6 is 0 Å². The maximum Gasteiger partial charge on any atom is 0.586 e. The predicted octanol–water partition coefficient (Wildman–Crippen LogP) is 4.13. The van der Waals surface area contributed by atoms with Gasteiger partial charge in [-0.1, -0.05) is 0 Å². The highest BCUT2D eigenvalue weighted by Gasteiger charge is 2.44. The summed E-state index contributed by atoms with van der Waals surface area (Å²) in [7, 11) is 1.45. The number of likely N-dealkylation sites (N-methyl/N-ethyl adjacent to an activating group) is 1. The number of carbonyl (C=O) groups excluding carboxylic acids is 1. The van der Waals surface area contributed by atoms with Crippen LogP contribution in [-0.4, -0.2) is 29.0 Å². The minimum Gasteiger partial charge on any atom is -0.462 e. The van der Waals surface area contributed by atoms with E-state index in [0.717, 1.165) is 10.2 Å². The molecule has 182 valence electrons. The number of aromatic nitrogens is 2. The molecule has 2 aromatic carbocycles. The number of amides is 1. The van der Waals surface area contributed by atoms with Crippen LogP contribution in [0.25, 0.3) is 22.2 Å². The van der Waals surface area contributed by atoms with Gasteiger partial charge < -0.3 is 18.8 Å². The van der Waals surface area contributed by atoms with Gasteiger partial charge in [0.1, 0.15) is 12.2 Å². The summed E-state index contributed by atoms with van der Waals surface area (Å²) >= 11 is 0. The number of ether oxygens (including phenoxy) is 2. The SMILES string of the molecule is Cc1cc(C#N)cc(-c2nn(CC(=O)N(C)c3cc4c(cc3C)OC(F)(F)O4)c(=O)c3ccoc23)c1. The second kappa shape index (κ2) is 8.20. The van der Waals surface area contributed by atoms with E-state index >= 15 is 0 Å². The molecular weight excluding hydrogens is 474 g/mol. The standard InChI is InChI=1S/C25H18F2N4O5/c1-13-6-15(11-28)9-16(7-13)22-23-17(4-5-34-23)24(33)31(29-22)12-21(32)30(3)18-10-20-19(8-14(18)2)35-25(26,27)36-20/h4-10H,12H2,1-3H3. The van der Waals surface area contributed by atoms with E-state index in [1.165, 1.54) is 36.4 Å². The summed E-state index contributed by atoms with van der Waals surface area (Å²) in [6.07, 6.45) is -2.44. The van der Waals surface area contributed by atoms with Crippen LogP contribution in [0.15, 0.2) is 51.9 Å². The number of nitrogens with zero attached hydrogens (tertiary/aromatic N) is 4. The molecule has 0 N–H and O–H groups in total. The van der Waals surface area contributed by atoms with Gasteiger partial charge in [-0.25, -0.2) is 4.68 Å². The molecule has 0 aliphatic carbocycles. The Morgan fingerprint density at radius 3 is 2.61 bits per heavy atom. The van der Waals surface area contributed by atoms with Gasteiger partial charge in [-0.15, -0.1) is 8.78 Å². The molecule has 36 heavy (non-hydrogen) atoms. The van der Waals surface area contributed by atoms with Gasteiger partial charge in [0.05, 0.1) is 29.0 Å². The summed E-state index contributed by atoms with van der Waals surface area (Å²) < 4.78 is 42.4. The van der Waals surface area contributed by atoms with Crippen molar-refractivity contribution in [1.82, 2.24) is 9.78 Å². The van der Waals surface area contributed by atoms with Crippen LogP contribution < -0.4 is 19.9 Å². The zero-order valence-corrected chi connectivity index (χ0v) is 19.3. The molecular formula is C25H18F2N4O5. The number of fused-ring (bicyclic) bond motifs is 2. The number of aryl methyl sites for hydroxylation is 2. The Morgan fingerprint density at radius 1 is 1.17 bits per heavy atom. The zero-order chi connectivity index (χ0) is 25.8. The van der Waals surface area contributed by atoms with E-state index in [4.69, 9.17) is 4.42 Å². The lowest BCUT2D eigenvalue weighted by atomic mass is 10.0. The number of carbonyl (C=O) groups is 1. The quantitative estimate of drug-likeness (QED) is 0.421. The van der Waals surface area contributed by atoms with E-state index in [-0.39, 0.29) is 22.5 Å². The van der Waals surface area contributed by atoms with E-state index in [0.29, 0.717) is 28.1 Å². The van der Waals surface area contributed by atoms with E-state index in [1.54, 1.807) is 25.1 Å². The molecule has 1 aliphatic heterocycles. The first-order chi connectivity index (χ1) is 17.1. The largest absolute Gasteiger partial charge is 0.586 e. The van der Waals surface area contributed by atoms with Crippen LogP contribution in [0, 0.1) is 25.2 Å². The van der Waals surface area contributed by atoms with Gasteiger partial charge >= 0.3 is 6.29 Å². The fourth-order valence-corrected chi connectivity index (χ4v) is 4.11. The van der Waals surface area contributed by atoms with Gasteiger partial charge in [0.15, 0.2) is 17.1 Å². The predicted molar refractivity (Wildman–Crippen MR) is 124 cm³/mol. The number of rotatable bonds is 4. The van der Waals surface area contributed by atoms with Crippen LogP contribution in [0.5, 0.6) is 11.5 Å². The van der Waals surface area contributed by atoms with Crippen LogP contribution in [0.2, 0.25) is 0 Å². The fourth-order valence-electron chi connectivity index (χ4n) is 4.11. The van der Waals surface area contributed by atoms with Crippen molar-refractivity contribution >= 4 is 22.6 Å². The first kappa shape index (κ1) is 23.0. The lowest BCUT2D eigenvalue weighted by Crippen LogP contribution is -2.35. The molecule has 1 amide bonds. The monoisotopic (exact) mass is 492 g/mol. The topological polar surface area (TPSA) is 111 Å². The lowest BCUT2D eigenvalue weighted by Gasteiger charge is -2.20. The summed E-state index contributed by atoms with van der Waals surface area (Å²) in [6.45, 7) is 3.01. The van der Waals surface area contributed by atoms with Crippen molar-refractivity contribution in [2.24, 2.45) is 0 Å². The van der Waals surface area contributed by atoms with Crippen molar-refractivity contribution in [2.75, 3.05) is 11.9 Å². The highest BCUT2D eigenvalue weighted by atomic mass is 19.3. The minimum absolute atomic E-state index is 0.134. The number of furan rings is 1. The number of halogens is 2. The molecule has 0 saturated carbocycles. The summed E-state index contributed by atoms with van der Waals surface area (Å²) in [6, 6.07) is 11.3. The van der Waals surface area contributed by atoms with Crippen LogP contribution in [0.4, 0.5) is 14.5 Å². The molecule has 1 aliphatic rings. The van der Waals surface area contributed by atoms with Crippen LogP contribution in [0.1, 0.15) is 16.7 Å². The molecule has 0 spiro atoms. The van der Waals surface area contributed by atoms with E-state index in [1.807, 2.05) is 6.92 Å². The Hall–Kier alpha value is -4.72. The van der Waals surface area contributed by atoms with Gasteiger partial charge in [-0.2, -0.15) is 10.4 Å². The van der Waals surface area contributed by atoms with E-state index < -0.39 is 24.3 Å². The normalized spacial score (nSPS) is 13.6. The van der Waals surface area contributed by atoms with Gasteiger partial charge in [-0.3, -0.25) is 9.59 Å². The first-order valence-corrected chi connectivity index (χ1v) is 10.7. The Morgan fingerprint density at radius 2 is 1.89 bits per heavy atom. The molecule has 0 bridgehead atoms. The molecule has 0 fully saturated rings. The highest BCUT2D eigenvalue weighted by molar-refractivity contribution is 5.94. The van der Waals surface area contributed by atoms with Gasteiger partial charge in [0, 0.05) is 18.7 Å². The fraction of sp³-hybridized carbons (Fsp3) is 0.200. The summed E-state index contributed by atoms with van der Waals surface area (Å²) in [5, 5.41) is 13.9. The molecule has 11 heteroatoms. The lowest BCUT2D eigenvalue weighted by molar-refractivity contribution is -0.286. The Balaban J connectivity index is 1.52. The number of hydrogen-bond acceptors (Lipinski definition) is 7. The Labute approximate surface area is 202 Å². The average molecular weight is 492 g/mol. The molecule has 0 unspecified atom stereocenters. The Bertz CT molecular complexity index is 1650. The van der Waals surface area contributed by atoms with Crippen molar-refractivity contribution in [3.8, 4) is 28.8 Å².